The van der Waals surface area contributed by atoms with Crippen LogP contribution in [0.5, 0.6) is 11.5 Å². The van der Waals surface area contributed by atoms with Crippen molar-refractivity contribution in [3.8, 4) is 11.5 Å². The summed E-state index contributed by atoms with van der Waals surface area (Å²) in [5.41, 5.74) is 1.68. The summed E-state index contributed by atoms with van der Waals surface area (Å²) in [6, 6.07) is 11.1. The predicted octanol–water partition coefficient (Wildman–Crippen LogP) is 4.04. The molecule has 3 aromatic rings. The summed E-state index contributed by atoms with van der Waals surface area (Å²) in [6.07, 6.45) is 1.54. The second-order valence-electron chi connectivity index (χ2n) is 5.05. The minimum Gasteiger partial charge on any atom is -0.507 e. The lowest BCUT2D eigenvalue weighted by Crippen LogP contribution is -2.08. The van der Waals surface area contributed by atoms with Crippen molar-refractivity contribution in [2.75, 3.05) is 6.61 Å². The summed E-state index contributed by atoms with van der Waals surface area (Å²) in [5, 5.41) is 18.2. The van der Waals surface area contributed by atoms with Gasteiger partial charge in [-0.15, -0.1) is 5.10 Å². The third-order valence-corrected chi connectivity index (χ3v) is 5.00. The molecule has 3 rings (SSSR count). The van der Waals surface area contributed by atoms with Gasteiger partial charge in [-0.2, -0.15) is 5.10 Å². The van der Waals surface area contributed by atoms with Crippen molar-refractivity contribution in [2.24, 2.45) is 17.3 Å². The van der Waals surface area contributed by atoms with E-state index in [0.29, 0.717) is 12.2 Å². The van der Waals surface area contributed by atoms with E-state index in [2.05, 4.69) is 26.1 Å². The Balaban J connectivity index is 1.96. The number of hydrogen-bond donors (Lipinski definition) is 1. The maximum atomic E-state index is 9.81. The Morgan fingerprint density at radius 2 is 2.12 bits per heavy atom. The van der Waals surface area contributed by atoms with Crippen molar-refractivity contribution in [1.82, 2.24) is 4.57 Å². The van der Waals surface area contributed by atoms with Crippen molar-refractivity contribution in [3.63, 3.8) is 0 Å². The number of aromatic hydroxyl groups is 1. The number of thiazole rings is 1. The first-order valence-corrected chi connectivity index (χ1v) is 8.97. The molecule has 5 nitrogen and oxygen atoms in total. The molecule has 0 saturated carbocycles. The number of aromatic nitrogens is 1. The van der Waals surface area contributed by atoms with E-state index in [1.165, 1.54) is 17.6 Å². The van der Waals surface area contributed by atoms with Gasteiger partial charge in [-0.3, -0.25) is 0 Å². The quantitative estimate of drug-likeness (QED) is 0.525. The van der Waals surface area contributed by atoms with Gasteiger partial charge >= 0.3 is 0 Å². The molecule has 1 heterocycles. The molecule has 0 aliphatic carbocycles. The van der Waals surface area contributed by atoms with Crippen molar-refractivity contribution in [3.05, 3.63) is 51.2 Å². The number of phenolic OH excluding ortho intramolecular Hbond substituents is 1. The molecule has 0 fully saturated rings. The summed E-state index contributed by atoms with van der Waals surface area (Å²) >= 11 is 4.91. The van der Waals surface area contributed by atoms with Crippen LogP contribution in [0, 0.1) is 0 Å². The average Bonchev–Trinajstić information content (AvgIpc) is 2.87. The van der Waals surface area contributed by atoms with Crippen molar-refractivity contribution >= 4 is 43.7 Å². The number of hydrogen-bond acceptors (Lipinski definition) is 5. The first kappa shape index (κ1) is 16.7. The Bertz CT molecular complexity index is 976. The van der Waals surface area contributed by atoms with Gasteiger partial charge in [0.25, 0.3) is 0 Å². The highest BCUT2D eigenvalue weighted by molar-refractivity contribution is 9.10. The molecule has 0 saturated heterocycles. The summed E-state index contributed by atoms with van der Waals surface area (Å²) in [7, 11) is 1.95. The number of nitrogens with zero attached hydrogens (tertiary/aromatic N) is 3. The molecule has 0 atom stereocenters. The molecule has 0 amide bonds. The van der Waals surface area contributed by atoms with Crippen LogP contribution in [0.3, 0.4) is 0 Å². The maximum absolute atomic E-state index is 9.81. The minimum absolute atomic E-state index is 0.166. The third-order valence-electron chi connectivity index (χ3n) is 3.42. The van der Waals surface area contributed by atoms with Gasteiger partial charge in [-0.05, 0) is 43.3 Å². The topological polar surface area (TPSA) is 59.1 Å². The Labute approximate surface area is 151 Å². The molecule has 0 aliphatic rings. The number of fused-ring (bicyclic) bond motifs is 1. The van der Waals surface area contributed by atoms with E-state index in [9.17, 15) is 5.11 Å². The number of benzene rings is 2. The lowest BCUT2D eigenvalue weighted by atomic mass is 10.2. The van der Waals surface area contributed by atoms with Crippen LogP contribution < -0.4 is 9.54 Å². The molecule has 24 heavy (non-hydrogen) atoms. The Hall–Kier alpha value is -2.12. The molecular weight excluding hydrogens is 390 g/mol. The zero-order valence-corrected chi connectivity index (χ0v) is 15.6. The van der Waals surface area contributed by atoms with E-state index >= 15 is 0 Å². The fraction of sp³-hybridized carbons (Fsp3) is 0.176. The maximum Gasteiger partial charge on any atom is 0.211 e. The van der Waals surface area contributed by atoms with Gasteiger partial charge in [0.05, 0.1) is 23.0 Å². The summed E-state index contributed by atoms with van der Waals surface area (Å²) in [5.74, 6) is 1.01. The average molecular weight is 406 g/mol. The molecule has 2 aromatic carbocycles. The molecule has 7 heteroatoms. The van der Waals surface area contributed by atoms with Crippen LogP contribution >= 0.6 is 27.3 Å². The summed E-state index contributed by atoms with van der Waals surface area (Å²) in [6.45, 7) is 2.60. The molecule has 124 valence electrons. The van der Waals surface area contributed by atoms with E-state index < -0.39 is 0 Å². The zero-order chi connectivity index (χ0) is 17.1. The zero-order valence-electron chi connectivity index (χ0n) is 13.2. The molecular formula is C17H16BrN3O2S. The second kappa shape index (κ2) is 7.19. The Morgan fingerprint density at radius 3 is 2.92 bits per heavy atom. The van der Waals surface area contributed by atoms with Crippen molar-refractivity contribution < 1.29 is 9.84 Å². The smallest absolute Gasteiger partial charge is 0.211 e. The van der Waals surface area contributed by atoms with Crippen LogP contribution in [0.25, 0.3) is 10.2 Å². The lowest BCUT2D eigenvalue weighted by molar-refractivity contribution is 0.341. The van der Waals surface area contributed by atoms with Crippen molar-refractivity contribution in [1.29, 1.82) is 0 Å². The third kappa shape index (κ3) is 3.52. The molecule has 0 bridgehead atoms. The first-order valence-electron chi connectivity index (χ1n) is 7.36. The van der Waals surface area contributed by atoms with E-state index in [4.69, 9.17) is 4.74 Å². The fourth-order valence-corrected chi connectivity index (χ4v) is 3.62. The van der Waals surface area contributed by atoms with Gasteiger partial charge in [-0.25, -0.2) is 0 Å². The van der Waals surface area contributed by atoms with Gasteiger partial charge in [0.15, 0.2) is 0 Å². The Morgan fingerprint density at radius 1 is 1.29 bits per heavy atom. The van der Waals surface area contributed by atoms with E-state index in [1.807, 2.05) is 36.7 Å². The van der Waals surface area contributed by atoms with Crippen LogP contribution in [-0.2, 0) is 7.05 Å². The van der Waals surface area contributed by atoms with Crippen LogP contribution in [-0.4, -0.2) is 22.5 Å². The molecule has 0 unspecified atom stereocenters. The normalized spacial score (nSPS) is 12.4. The van der Waals surface area contributed by atoms with Gasteiger partial charge in [0.1, 0.15) is 11.5 Å². The van der Waals surface area contributed by atoms with Crippen LogP contribution in [0.1, 0.15) is 12.5 Å². The summed E-state index contributed by atoms with van der Waals surface area (Å²) in [4.78, 5) is 0.768. The van der Waals surface area contributed by atoms with E-state index in [-0.39, 0.29) is 5.75 Å². The molecule has 1 N–H and O–H groups in total. The highest BCUT2D eigenvalue weighted by atomic mass is 79.9. The van der Waals surface area contributed by atoms with Gasteiger partial charge in [0, 0.05) is 17.1 Å². The van der Waals surface area contributed by atoms with Gasteiger partial charge < -0.3 is 14.4 Å². The standard InChI is InChI=1S/C17H16BrN3O2S/c1-3-23-13-5-6-14-16(9-13)24-17(21(14)2)20-19-10-11-8-12(18)4-7-15(11)22/h4-10,22H,3H2,1-2H3. The van der Waals surface area contributed by atoms with E-state index in [1.54, 1.807) is 18.2 Å². The number of halogens is 1. The minimum atomic E-state index is 0.166. The van der Waals surface area contributed by atoms with E-state index in [0.717, 1.165) is 25.2 Å². The highest BCUT2D eigenvalue weighted by Gasteiger charge is 2.04. The van der Waals surface area contributed by atoms with Gasteiger partial charge in [-0.1, -0.05) is 27.3 Å². The highest BCUT2D eigenvalue weighted by Crippen LogP contribution is 2.23. The van der Waals surface area contributed by atoms with Crippen molar-refractivity contribution in [2.45, 2.75) is 6.92 Å². The Kier molecular flexibility index (Phi) is 5.01. The second-order valence-corrected chi connectivity index (χ2v) is 6.98. The summed E-state index contributed by atoms with van der Waals surface area (Å²) < 4.78 is 9.47. The van der Waals surface area contributed by atoms with Crippen LogP contribution in [0.4, 0.5) is 0 Å². The van der Waals surface area contributed by atoms with Crippen LogP contribution in [0.2, 0.25) is 0 Å². The molecule has 1 aromatic heterocycles. The SMILES string of the molecule is CCOc1ccc2c(c1)sc(=NN=Cc1cc(Br)ccc1O)n2C. The lowest BCUT2D eigenvalue weighted by Gasteiger charge is -2.02. The fourth-order valence-electron chi connectivity index (χ4n) is 2.24. The first-order chi connectivity index (χ1) is 11.6. The largest absolute Gasteiger partial charge is 0.507 e. The molecule has 0 spiro atoms. The van der Waals surface area contributed by atoms with Crippen LogP contribution in [0.15, 0.2) is 51.1 Å². The molecule has 0 aliphatic heterocycles. The number of rotatable bonds is 4. The molecule has 0 radical (unpaired) electrons. The monoisotopic (exact) mass is 405 g/mol. The predicted molar refractivity (Wildman–Crippen MR) is 101 cm³/mol. The number of ether oxygens (including phenoxy) is 1. The van der Waals surface area contributed by atoms with Gasteiger partial charge in [0.2, 0.25) is 4.80 Å². The number of phenols is 1. The number of aryl methyl sites for hydroxylation is 1.